The second-order valence-electron chi connectivity index (χ2n) is 7.41. The number of alkyl halides is 6. The number of rotatable bonds is 9. The van der Waals surface area contributed by atoms with Gasteiger partial charge in [-0.25, -0.2) is 4.98 Å². The maximum Gasteiger partial charge on any atom is 0.390 e. The van der Waals surface area contributed by atoms with Crippen molar-refractivity contribution in [1.29, 1.82) is 0 Å². The maximum atomic E-state index is 12.4. The molecule has 0 aliphatic carbocycles. The zero-order valence-electron chi connectivity index (χ0n) is 17.6. The highest BCUT2D eigenvalue weighted by molar-refractivity contribution is 5.92. The lowest BCUT2D eigenvalue weighted by Crippen LogP contribution is -2.27. The number of H-pyrrole nitrogens is 1. The van der Waals surface area contributed by atoms with Crippen LogP contribution in [0.25, 0.3) is 11.0 Å². The number of halogens is 6. The number of nitrogens with one attached hydrogen (secondary N) is 3. The molecule has 3 N–H and O–H groups in total. The van der Waals surface area contributed by atoms with Gasteiger partial charge in [0.25, 0.3) is 5.91 Å². The highest BCUT2D eigenvalue weighted by Gasteiger charge is 2.28. The van der Waals surface area contributed by atoms with Gasteiger partial charge < -0.3 is 15.6 Å². The Labute approximate surface area is 188 Å². The predicted molar refractivity (Wildman–Crippen MR) is 107 cm³/mol. The lowest BCUT2D eigenvalue weighted by molar-refractivity contribution is -0.144. The Bertz CT molecular complexity index is 1150. The van der Waals surface area contributed by atoms with Crippen LogP contribution in [0.15, 0.2) is 30.5 Å². The molecule has 3 aromatic rings. The molecule has 0 radical (unpaired) electrons. The third-order valence-electron chi connectivity index (χ3n) is 4.69. The topological polar surface area (TPSA) is 105 Å². The molecule has 2 heterocycles. The zero-order chi connectivity index (χ0) is 24.9. The minimum Gasteiger partial charge on any atom is -0.352 e. The Kier molecular flexibility index (Phi) is 7.47. The van der Waals surface area contributed by atoms with Crippen LogP contribution in [0.3, 0.4) is 0 Å². The molecule has 0 fully saturated rings. The summed E-state index contributed by atoms with van der Waals surface area (Å²) in [5, 5.41) is 8.71. The Balaban J connectivity index is 1.55. The summed E-state index contributed by atoms with van der Waals surface area (Å²) in [6.07, 6.45) is -10.5. The smallest absolute Gasteiger partial charge is 0.352 e. The van der Waals surface area contributed by atoms with E-state index in [0.717, 1.165) is 4.68 Å². The molecule has 0 aliphatic heterocycles. The largest absolute Gasteiger partial charge is 0.390 e. The zero-order valence-corrected chi connectivity index (χ0v) is 17.6. The number of hydrogen-bond acceptors (Lipinski definition) is 4. The van der Waals surface area contributed by atoms with Gasteiger partial charge in [-0.15, -0.1) is 0 Å². The lowest BCUT2D eigenvalue weighted by Gasteiger charge is -2.09. The Morgan fingerprint density at radius 2 is 1.71 bits per heavy atom. The highest BCUT2D eigenvalue weighted by Crippen LogP contribution is 2.22. The van der Waals surface area contributed by atoms with Crippen molar-refractivity contribution >= 4 is 22.8 Å². The van der Waals surface area contributed by atoms with Crippen LogP contribution in [0.2, 0.25) is 0 Å². The molecule has 3 rings (SSSR count). The summed E-state index contributed by atoms with van der Waals surface area (Å²) in [7, 11) is 0. The number of aryl methyl sites for hydroxylation is 1. The fourth-order valence-corrected chi connectivity index (χ4v) is 3.04. The van der Waals surface area contributed by atoms with Crippen molar-refractivity contribution in [3.05, 3.63) is 47.5 Å². The summed E-state index contributed by atoms with van der Waals surface area (Å²) in [5.74, 6) is -0.974. The molecule has 8 nitrogen and oxygen atoms in total. The molecule has 14 heteroatoms. The van der Waals surface area contributed by atoms with Crippen LogP contribution < -0.4 is 10.6 Å². The quantitative estimate of drug-likeness (QED) is 0.399. The number of imidazole rings is 1. The number of carbonyl (C=O) groups excluding carboxylic acids is 2. The summed E-state index contributed by atoms with van der Waals surface area (Å²) in [5.41, 5.74) is 1.72. The molecular formula is C20H20F6N6O2. The third-order valence-corrected chi connectivity index (χ3v) is 4.69. The minimum absolute atomic E-state index is 0.0242. The Morgan fingerprint density at radius 3 is 2.41 bits per heavy atom. The molecule has 34 heavy (non-hydrogen) atoms. The van der Waals surface area contributed by atoms with E-state index < -0.39 is 50.0 Å². The van der Waals surface area contributed by atoms with E-state index in [9.17, 15) is 35.9 Å². The Morgan fingerprint density at radius 1 is 0.971 bits per heavy atom. The van der Waals surface area contributed by atoms with E-state index in [1.54, 1.807) is 18.2 Å². The van der Waals surface area contributed by atoms with E-state index in [1.807, 2.05) is 0 Å². The number of fused-ring (bicyclic) bond motifs is 1. The van der Waals surface area contributed by atoms with Crippen molar-refractivity contribution in [2.24, 2.45) is 0 Å². The molecule has 0 bridgehead atoms. The number of aromatic nitrogens is 4. The molecule has 0 saturated heterocycles. The van der Waals surface area contributed by atoms with Crippen molar-refractivity contribution < 1.29 is 35.9 Å². The molecule has 2 amide bonds. The molecular weight excluding hydrogens is 470 g/mol. The summed E-state index contributed by atoms with van der Waals surface area (Å²) in [6, 6.07) is 6.25. The van der Waals surface area contributed by atoms with Gasteiger partial charge in [-0.1, -0.05) is 6.07 Å². The van der Waals surface area contributed by atoms with Gasteiger partial charge in [0.2, 0.25) is 5.91 Å². The molecule has 0 unspecified atom stereocenters. The van der Waals surface area contributed by atoms with Crippen LogP contribution in [-0.4, -0.2) is 43.9 Å². The number of aromatic amines is 1. The average Bonchev–Trinajstić information content (AvgIpc) is 3.38. The predicted octanol–water partition coefficient (Wildman–Crippen LogP) is 3.60. The van der Waals surface area contributed by atoms with Crippen molar-refractivity contribution in [3.8, 4) is 0 Å². The fraction of sp³-hybridized carbons (Fsp3) is 0.400. The Hall–Kier alpha value is -3.58. The van der Waals surface area contributed by atoms with Crippen LogP contribution in [0, 0.1) is 0 Å². The molecule has 0 saturated carbocycles. The first-order chi connectivity index (χ1) is 15.9. The van der Waals surface area contributed by atoms with Crippen LogP contribution in [0.5, 0.6) is 0 Å². The maximum absolute atomic E-state index is 12.4. The molecule has 1 aromatic carbocycles. The summed E-state index contributed by atoms with van der Waals surface area (Å²) in [6.45, 7) is -0.499. The average molecular weight is 490 g/mol. The second-order valence-corrected chi connectivity index (χ2v) is 7.41. The lowest BCUT2D eigenvalue weighted by atomic mass is 10.2. The molecule has 184 valence electrons. The summed E-state index contributed by atoms with van der Waals surface area (Å²) >= 11 is 0. The standard InChI is InChI=1S/C20H20F6N6O2/c21-19(22,23)5-3-17(33)27-10-12-1-2-13-14(9-12)31-16(30-13)11-28-18(34)15-4-7-29-32(15)8-6-20(24,25)26/h1-2,4,7,9H,3,5-6,8,10-11H2,(H,27,33)(H,28,34)(H,30,31). The highest BCUT2D eigenvalue weighted by atomic mass is 19.4. The third kappa shape index (κ3) is 7.49. The fourth-order valence-electron chi connectivity index (χ4n) is 3.04. The first-order valence-corrected chi connectivity index (χ1v) is 10.1. The van der Waals surface area contributed by atoms with E-state index >= 15 is 0 Å². The first kappa shape index (κ1) is 25.1. The SMILES string of the molecule is O=C(CCC(F)(F)F)NCc1ccc2nc(CNC(=O)c3ccnn3CCC(F)(F)F)[nH]c2c1. The van der Waals surface area contributed by atoms with E-state index in [1.165, 1.54) is 12.3 Å². The monoisotopic (exact) mass is 490 g/mol. The number of amides is 2. The van der Waals surface area contributed by atoms with Gasteiger partial charge in [0, 0.05) is 19.2 Å². The van der Waals surface area contributed by atoms with Crippen molar-refractivity contribution in [3.63, 3.8) is 0 Å². The van der Waals surface area contributed by atoms with Crippen LogP contribution in [0.4, 0.5) is 26.3 Å². The molecule has 0 atom stereocenters. The van der Waals surface area contributed by atoms with E-state index in [-0.39, 0.29) is 18.8 Å². The number of hydrogen-bond donors (Lipinski definition) is 3. The number of benzene rings is 1. The van der Waals surface area contributed by atoms with Gasteiger partial charge in [0.1, 0.15) is 11.5 Å². The minimum atomic E-state index is -4.40. The number of nitrogens with zero attached hydrogens (tertiary/aromatic N) is 3. The molecule has 0 spiro atoms. The summed E-state index contributed by atoms with van der Waals surface area (Å²) in [4.78, 5) is 31.2. The van der Waals surface area contributed by atoms with Crippen LogP contribution in [-0.2, 0) is 24.4 Å². The van der Waals surface area contributed by atoms with Gasteiger partial charge in [0.15, 0.2) is 0 Å². The molecule has 2 aromatic heterocycles. The van der Waals surface area contributed by atoms with E-state index in [4.69, 9.17) is 0 Å². The van der Waals surface area contributed by atoms with Crippen molar-refractivity contribution in [1.82, 2.24) is 30.4 Å². The van der Waals surface area contributed by atoms with Crippen molar-refractivity contribution in [2.75, 3.05) is 0 Å². The second kappa shape index (κ2) is 10.1. The number of carbonyl (C=O) groups is 2. The first-order valence-electron chi connectivity index (χ1n) is 10.1. The van der Waals surface area contributed by atoms with E-state index in [0.29, 0.717) is 22.4 Å². The van der Waals surface area contributed by atoms with Gasteiger partial charge in [0.05, 0.1) is 37.0 Å². The van der Waals surface area contributed by atoms with E-state index in [2.05, 4.69) is 25.7 Å². The van der Waals surface area contributed by atoms with Gasteiger partial charge in [-0.2, -0.15) is 31.4 Å². The van der Waals surface area contributed by atoms with Gasteiger partial charge >= 0.3 is 12.4 Å². The van der Waals surface area contributed by atoms with Crippen LogP contribution in [0.1, 0.15) is 41.1 Å². The van der Waals surface area contributed by atoms with Gasteiger partial charge in [-0.3, -0.25) is 14.3 Å². The summed E-state index contributed by atoms with van der Waals surface area (Å²) < 4.78 is 74.8. The van der Waals surface area contributed by atoms with Crippen LogP contribution >= 0.6 is 0 Å². The normalized spacial score (nSPS) is 12.2. The van der Waals surface area contributed by atoms with Crippen molar-refractivity contribution in [2.45, 2.75) is 51.2 Å². The molecule has 0 aliphatic rings. The van der Waals surface area contributed by atoms with Gasteiger partial charge in [-0.05, 0) is 23.8 Å².